The van der Waals surface area contributed by atoms with Gasteiger partial charge in [-0.15, -0.1) is 12.4 Å². The van der Waals surface area contributed by atoms with E-state index in [1.54, 1.807) is 6.07 Å². The van der Waals surface area contributed by atoms with Gasteiger partial charge < -0.3 is 20.5 Å². The van der Waals surface area contributed by atoms with Crippen molar-refractivity contribution in [2.75, 3.05) is 31.6 Å². The summed E-state index contributed by atoms with van der Waals surface area (Å²) in [6, 6.07) is 16.7. The highest BCUT2D eigenvalue weighted by Crippen LogP contribution is 2.28. The zero-order valence-electron chi connectivity index (χ0n) is 16.9. The standard InChI is InChI=1S/C21H21N5O5.ClH/c27-15(13-30-19-7-3-5-14-4-1-2-6-16(14)19)12-22-10-11-23-17-8-9-18(26(28)29)21-20(17)24-31-25-21;/h1-9,15,22-23,27H,10-13H2;1H. The number of aliphatic hydroxyl groups is 1. The van der Waals surface area contributed by atoms with Crippen LogP contribution in [0.25, 0.3) is 21.8 Å². The van der Waals surface area contributed by atoms with Crippen molar-refractivity contribution in [1.82, 2.24) is 15.6 Å². The van der Waals surface area contributed by atoms with Crippen LogP contribution in [0.2, 0.25) is 0 Å². The second-order valence-corrected chi connectivity index (χ2v) is 6.92. The molecule has 0 aliphatic heterocycles. The Morgan fingerprint density at radius 3 is 2.69 bits per heavy atom. The van der Waals surface area contributed by atoms with Gasteiger partial charge in [0.05, 0.1) is 10.6 Å². The molecule has 1 unspecified atom stereocenters. The topological polar surface area (TPSA) is 136 Å². The second-order valence-electron chi connectivity index (χ2n) is 6.92. The smallest absolute Gasteiger partial charge is 0.300 e. The Morgan fingerprint density at radius 2 is 1.84 bits per heavy atom. The highest BCUT2D eigenvalue weighted by molar-refractivity contribution is 5.93. The summed E-state index contributed by atoms with van der Waals surface area (Å²) in [6.45, 7) is 1.58. The van der Waals surface area contributed by atoms with Gasteiger partial charge in [0, 0.05) is 31.1 Å². The van der Waals surface area contributed by atoms with Gasteiger partial charge in [0.15, 0.2) is 5.52 Å². The molecule has 0 saturated carbocycles. The Bertz CT molecular complexity index is 1200. The minimum atomic E-state index is -0.676. The van der Waals surface area contributed by atoms with Crippen molar-refractivity contribution in [3.63, 3.8) is 0 Å². The minimum absolute atomic E-state index is 0. The van der Waals surface area contributed by atoms with Crippen LogP contribution in [0.1, 0.15) is 0 Å². The van der Waals surface area contributed by atoms with Crippen molar-refractivity contribution in [2.24, 2.45) is 0 Å². The van der Waals surface area contributed by atoms with Crippen molar-refractivity contribution in [1.29, 1.82) is 0 Å². The maximum Gasteiger partial charge on any atom is 0.300 e. The fraction of sp³-hybridized carbons (Fsp3) is 0.238. The molecular weight excluding hydrogens is 438 g/mol. The van der Waals surface area contributed by atoms with E-state index in [-0.39, 0.29) is 30.2 Å². The summed E-state index contributed by atoms with van der Waals surface area (Å²) in [5, 5.41) is 36.9. The summed E-state index contributed by atoms with van der Waals surface area (Å²) < 4.78 is 10.4. The number of nitrogens with zero attached hydrogens (tertiary/aromatic N) is 3. The van der Waals surface area contributed by atoms with Gasteiger partial charge >= 0.3 is 5.69 Å². The highest BCUT2D eigenvalue weighted by Gasteiger charge is 2.19. The number of anilines is 1. The third-order valence-electron chi connectivity index (χ3n) is 4.77. The van der Waals surface area contributed by atoms with E-state index in [2.05, 4.69) is 25.6 Å². The number of halogens is 1. The summed E-state index contributed by atoms with van der Waals surface area (Å²) >= 11 is 0. The SMILES string of the molecule is Cl.O=[N+]([O-])c1ccc(NCCNCC(O)COc2cccc3ccccc23)c2nonc12. The predicted molar refractivity (Wildman–Crippen MR) is 123 cm³/mol. The van der Waals surface area contributed by atoms with Crippen molar-refractivity contribution < 1.29 is 19.4 Å². The number of hydrogen-bond donors (Lipinski definition) is 3. The van der Waals surface area contributed by atoms with Gasteiger partial charge in [-0.1, -0.05) is 36.4 Å². The summed E-state index contributed by atoms with van der Waals surface area (Å²) in [5.74, 6) is 0.738. The molecule has 0 spiro atoms. The molecule has 4 rings (SSSR count). The van der Waals surface area contributed by atoms with E-state index in [0.717, 1.165) is 16.5 Å². The van der Waals surface area contributed by atoms with E-state index in [9.17, 15) is 15.2 Å². The monoisotopic (exact) mass is 459 g/mol. The van der Waals surface area contributed by atoms with Gasteiger partial charge in [0.1, 0.15) is 18.5 Å². The molecule has 3 N–H and O–H groups in total. The van der Waals surface area contributed by atoms with Crippen molar-refractivity contribution in [2.45, 2.75) is 6.10 Å². The van der Waals surface area contributed by atoms with E-state index in [0.29, 0.717) is 30.8 Å². The van der Waals surface area contributed by atoms with Crippen LogP contribution in [-0.4, -0.2) is 52.7 Å². The van der Waals surface area contributed by atoms with E-state index >= 15 is 0 Å². The summed E-state index contributed by atoms with van der Waals surface area (Å²) in [5.41, 5.74) is 0.833. The Kier molecular flexibility index (Phi) is 7.77. The van der Waals surface area contributed by atoms with E-state index in [1.807, 2.05) is 42.5 Å². The molecule has 1 atom stereocenters. The number of non-ortho nitro benzene ring substituents is 1. The van der Waals surface area contributed by atoms with Crippen LogP contribution in [0.3, 0.4) is 0 Å². The first-order valence-corrected chi connectivity index (χ1v) is 9.76. The molecule has 3 aromatic carbocycles. The van der Waals surface area contributed by atoms with Crippen LogP contribution < -0.4 is 15.4 Å². The van der Waals surface area contributed by atoms with Crippen molar-refractivity contribution in [3.05, 3.63) is 64.7 Å². The third kappa shape index (κ3) is 5.22. The Hall–Kier alpha value is -3.47. The third-order valence-corrected chi connectivity index (χ3v) is 4.77. The van der Waals surface area contributed by atoms with Gasteiger partial charge in [-0.3, -0.25) is 10.1 Å². The lowest BCUT2D eigenvalue weighted by atomic mass is 10.1. The number of ether oxygens (including phenoxy) is 1. The number of nitrogens with one attached hydrogen (secondary N) is 2. The van der Waals surface area contributed by atoms with Crippen LogP contribution in [0.4, 0.5) is 11.4 Å². The van der Waals surface area contributed by atoms with Crippen LogP contribution in [0.15, 0.2) is 59.2 Å². The van der Waals surface area contributed by atoms with Crippen molar-refractivity contribution >= 4 is 45.6 Å². The minimum Gasteiger partial charge on any atom is -0.490 e. The van der Waals surface area contributed by atoms with Crippen LogP contribution in [0, 0.1) is 10.1 Å². The highest BCUT2D eigenvalue weighted by atomic mass is 35.5. The number of nitro groups is 1. The molecule has 168 valence electrons. The van der Waals surface area contributed by atoms with Crippen molar-refractivity contribution in [3.8, 4) is 5.75 Å². The molecule has 1 heterocycles. The summed E-state index contributed by atoms with van der Waals surface area (Å²) in [7, 11) is 0. The first-order valence-electron chi connectivity index (χ1n) is 9.76. The Balaban J connectivity index is 0.00000289. The summed E-state index contributed by atoms with van der Waals surface area (Å²) in [4.78, 5) is 10.5. The Labute approximate surface area is 189 Å². The molecule has 0 bridgehead atoms. The van der Waals surface area contributed by atoms with E-state index in [4.69, 9.17) is 4.74 Å². The maximum atomic E-state index is 11.0. The molecule has 0 aliphatic carbocycles. The molecule has 32 heavy (non-hydrogen) atoms. The number of aliphatic hydroxyl groups excluding tert-OH is 1. The number of nitro benzene ring substituents is 1. The molecule has 4 aromatic rings. The number of aromatic nitrogens is 2. The van der Waals surface area contributed by atoms with E-state index < -0.39 is 11.0 Å². The number of fused-ring (bicyclic) bond motifs is 2. The molecule has 0 radical (unpaired) electrons. The van der Waals surface area contributed by atoms with Crippen LogP contribution >= 0.6 is 12.4 Å². The molecule has 11 heteroatoms. The Morgan fingerprint density at radius 1 is 1.06 bits per heavy atom. The molecular formula is C21H22ClN5O5. The van der Waals surface area contributed by atoms with Crippen LogP contribution in [0.5, 0.6) is 5.75 Å². The van der Waals surface area contributed by atoms with Gasteiger partial charge in [-0.2, -0.15) is 0 Å². The zero-order valence-corrected chi connectivity index (χ0v) is 17.7. The molecule has 0 saturated heterocycles. The maximum absolute atomic E-state index is 11.0. The van der Waals surface area contributed by atoms with Gasteiger partial charge in [0.25, 0.3) is 0 Å². The molecule has 0 amide bonds. The largest absolute Gasteiger partial charge is 0.490 e. The summed E-state index contributed by atoms with van der Waals surface area (Å²) in [6.07, 6.45) is -0.676. The average Bonchev–Trinajstić information content (AvgIpc) is 3.27. The van der Waals surface area contributed by atoms with E-state index in [1.165, 1.54) is 6.07 Å². The predicted octanol–water partition coefficient (Wildman–Crippen LogP) is 3.15. The quantitative estimate of drug-likeness (QED) is 0.185. The number of benzene rings is 3. The molecule has 0 fully saturated rings. The van der Waals surface area contributed by atoms with Gasteiger partial charge in [-0.05, 0) is 27.8 Å². The van der Waals surface area contributed by atoms with Crippen LogP contribution in [-0.2, 0) is 0 Å². The fourth-order valence-electron chi connectivity index (χ4n) is 3.26. The van der Waals surface area contributed by atoms with Gasteiger partial charge in [-0.25, -0.2) is 4.63 Å². The normalized spacial score (nSPS) is 11.8. The fourth-order valence-corrected chi connectivity index (χ4v) is 3.26. The molecule has 1 aromatic heterocycles. The lowest BCUT2D eigenvalue weighted by Gasteiger charge is -2.15. The van der Waals surface area contributed by atoms with Gasteiger partial charge in [0.2, 0.25) is 5.52 Å². The molecule has 10 nitrogen and oxygen atoms in total. The molecule has 0 aliphatic rings. The average molecular weight is 460 g/mol. The number of rotatable bonds is 10. The number of hydrogen-bond acceptors (Lipinski definition) is 9. The first-order chi connectivity index (χ1) is 15.1. The zero-order chi connectivity index (χ0) is 21.6. The lowest BCUT2D eigenvalue weighted by Crippen LogP contribution is -2.34. The first kappa shape index (κ1) is 23.2. The lowest BCUT2D eigenvalue weighted by molar-refractivity contribution is -0.383. The second kappa shape index (κ2) is 10.7.